The first kappa shape index (κ1) is 14.4. The van der Waals surface area contributed by atoms with Crippen LogP contribution in [-0.2, 0) is 0 Å². The molecule has 0 unspecified atom stereocenters. The van der Waals surface area contributed by atoms with Crippen LogP contribution in [0.4, 0.5) is 0 Å². The van der Waals surface area contributed by atoms with Crippen LogP contribution in [0.5, 0.6) is 0 Å². The maximum absolute atomic E-state index is 12.5. The zero-order valence-electron chi connectivity index (χ0n) is 12.2. The second-order valence-electron chi connectivity index (χ2n) is 5.49. The van der Waals surface area contributed by atoms with Crippen LogP contribution < -0.4 is 0 Å². The number of carboxylic acid groups (broad SMARTS) is 1. The van der Waals surface area contributed by atoms with Crippen LogP contribution in [0.15, 0.2) is 29.1 Å². The molecule has 1 fully saturated rings. The zero-order chi connectivity index (χ0) is 15.7. The van der Waals surface area contributed by atoms with Gasteiger partial charge in [-0.3, -0.25) is 9.48 Å². The highest BCUT2D eigenvalue weighted by Gasteiger charge is 2.28. The van der Waals surface area contributed by atoms with Gasteiger partial charge < -0.3 is 14.4 Å². The van der Waals surface area contributed by atoms with E-state index < -0.39 is 5.97 Å². The van der Waals surface area contributed by atoms with Gasteiger partial charge in [0, 0.05) is 24.8 Å². The van der Waals surface area contributed by atoms with Crippen molar-refractivity contribution in [3.05, 3.63) is 41.6 Å². The number of carbonyl (C=O) groups excluding carboxylic acids is 1. The van der Waals surface area contributed by atoms with Crippen LogP contribution in [-0.4, -0.2) is 44.8 Å². The minimum Gasteiger partial charge on any atom is -0.478 e. The highest BCUT2D eigenvalue weighted by Crippen LogP contribution is 2.23. The van der Waals surface area contributed by atoms with E-state index in [9.17, 15) is 9.59 Å². The fourth-order valence-corrected chi connectivity index (χ4v) is 2.74. The molecule has 2 aromatic heterocycles. The molecule has 0 radical (unpaired) electrons. The van der Waals surface area contributed by atoms with Crippen molar-refractivity contribution in [2.45, 2.75) is 25.8 Å². The van der Waals surface area contributed by atoms with Crippen molar-refractivity contribution >= 4 is 11.9 Å². The molecule has 1 aliphatic heterocycles. The summed E-state index contributed by atoms with van der Waals surface area (Å²) in [5.41, 5.74) is 0.977. The molecule has 22 heavy (non-hydrogen) atoms. The Labute approximate surface area is 127 Å². The number of aromatic nitrogens is 2. The van der Waals surface area contributed by atoms with Gasteiger partial charge in [-0.25, -0.2) is 4.79 Å². The first-order valence-corrected chi connectivity index (χ1v) is 7.17. The predicted octanol–water partition coefficient (Wildman–Crippen LogP) is 1.96. The molecule has 116 valence electrons. The Morgan fingerprint density at radius 2 is 2.27 bits per heavy atom. The Bertz CT molecular complexity index is 703. The summed E-state index contributed by atoms with van der Waals surface area (Å²) >= 11 is 0. The standard InChI is InChI=1S/C15H17N3O4/c1-10-4-6-22-13(10)14(19)17-5-2-3-12(9-17)18-8-11(7-16-18)15(20)21/h4,6-8,12H,2-3,5,9H2,1H3,(H,20,21)/t12-/m0/s1. The Hall–Kier alpha value is -2.57. The van der Waals surface area contributed by atoms with E-state index in [1.54, 1.807) is 15.6 Å². The third-order valence-corrected chi connectivity index (χ3v) is 3.96. The highest BCUT2D eigenvalue weighted by molar-refractivity contribution is 5.93. The summed E-state index contributed by atoms with van der Waals surface area (Å²) in [6.07, 6.45) is 6.07. The molecule has 1 aliphatic rings. The number of carboxylic acids is 1. The minimum atomic E-state index is -0.999. The van der Waals surface area contributed by atoms with Crippen LogP contribution in [0.2, 0.25) is 0 Å². The summed E-state index contributed by atoms with van der Waals surface area (Å²) in [4.78, 5) is 25.2. The van der Waals surface area contributed by atoms with E-state index in [0.29, 0.717) is 18.8 Å². The van der Waals surface area contributed by atoms with Gasteiger partial charge in [0.1, 0.15) is 0 Å². The molecule has 7 heteroatoms. The van der Waals surface area contributed by atoms with Crippen LogP contribution in [0.3, 0.4) is 0 Å². The summed E-state index contributed by atoms with van der Waals surface area (Å²) in [5, 5.41) is 13.1. The van der Waals surface area contributed by atoms with Crippen LogP contribution >= 0.6 is 0 Å². The van der Waals surface area contributed by atoms with Gasteiger partial charge >= 0.3 is 5.97 Å². The number of hydrogen-bond acceptors (Lipinski definition) is 4. The van der Waals surface area contributed by atoms with Crippen molar-refractivity contribution < 1.29 is 19.1 Å². The number of furan rings is 1. The van der Waals surface area contributed by atoms with Crippen molar-refractivity contribution in [2.24, 2.45) is 0 Å². The first-order valence-electron chi connectivity index (χ1n) is 7.17. The lowest BCUT2D eigenvalue weighted by Gasteiger charge is -2.32. The van der Waals surface area contributed by atoms with E-state index >= 15 is 0 Å². The Kier molecular flexibility index (Phi) is 3.70. The summed E-state index contributed by atoms with van der Waals surface area (Å²) in [6.45, 7) is 3.01. The molecule has 1 N–H and O–H groups in total. The molecule has 0 saturated carbocycles. The number of hydrogen-bond donors (Lipinski definition) is 1. The van der Waals surface area contributed by atoms with Crippen LogP contribution in [0, 0.1) is 6.92 Å². The number of likely N-dealkylation sites (tertiary alicyclic amines) is 1. The molecule has 0 aromatic carbocycles. The van der Waals surface area contributed by atoms with Crippen LogP contribution in [0.1, 0.15) is 45.4 Å². The number of rotatable bonds is 3. The molecule has 0 spiro atoms. The van der Waals surface area contributed by atoms with Gasteiger partial charge in [-0.1, -0.05) is 0 Å². The van der Waals surface area contributed by atoms with Crippen molar-refractivity contribution in [2.75, 3.05) is 13.1 Å². The number of aryl methyl sites for hydroxylation is 1. The van der Waals surface area contributed by atoms with Gasteiger partial charge in [0.05, 0.1) is 24.1 Å². The lowest BCUT2D eigenvalue weighted by atomic mass is 10.1. The van der Waals surface area contributed by atoms with E-state index in [2.05, 4.69) is 5.10 Å². The SMILES string of the molecule is Cc1ccoc1C(=O)N1CCC[C@H](n2cc(C(=O)O)cn2)C1. The maximum Gasteiger partial charge on any atom is 0.338 e. The molecule has 2 aromatic rings. The Balaban J connectivity index is 1.75. The topological polar surface area (TPSA) is 88.6 Å². The monoisotopic (exact) mass is 303 g/mol. The average Bonchev–Trinajstić information content (AvgIpc) is 3.15. The highest BCUT2D eigenvalue weighted by atomic mass is 16.4. The average molecular weight is 303 g/mol. The fraction of sp³-hybridized carbons (Fsp3) is 0.400. The zero-order valence-corrected chi connectivity index (χ0v) is 12.2. The Morgan fingerprint density at radius 1 is 1.45 bits per heavy atom. The molecule has 1 amide bonds. The predicted molar refractivity (Wildman–Crippen MR) is 76.8 cm³/mol. The fourth-order valence-electron chi connectivity index (χ4n) is 2.74. The van der Waals surface area contributed by atoms with E-state index in [4.69, 9.17) is 9.52 Å². The van der Waals surface area contributed by atoms with Crippen molar-refractivity contribution in [3.8, 4) is 0 Å². The van der Waals surface area contributed by atoms with E-state index in [0.717, 1.165) is 18.4 Å². The molecule has 3 rings (SSSR count). The number of carbonyl (C=O) groups is 2. The van der Waals surface area contributed by atoms with E-state index in [1.165, 1.54) is 18.7 Å². The largest absolute Gasteiger partial charge is 0.478 e. The van der Waals surface area contributed by atoms with E-state index in [-0.39, 0.29) is 17.5 Å². The minimum absolute atomic E-state index is 0.0129. The maximum atomic E-state index is 12.5. The van der Waals surface area contributed by atoms with Gasteiger partial charge in [-0.15, -0.1) is 0 Å². The number of aromatic carboxylic acids is 1. The second-order valence-corrected chi connectivity index (χ2v) is 5.49. The van der Waals surface area contributed by atoms with Crippen molar-refractivity contribution in [3.63, 3.8) is 0 Å². The normalized spacial score (nSPS) is 18.4. The summed E-state index contributed by atoms with van der Waals surface area (Å²) in [7, 11) is 0. The lowest BCUT2D eigenvalue weighted by molar-refractivity contribution is 0.0636. The smallest absolute Gasteiger partial charge is 0.338 e. The molecule has 1 saturated heterocycles. The van der Waals surface area contributed by atoms with Crippen molar-refractivity contribution in [1.29, 1.82) is 0 Å². The quantitative estimate of drug-likeness (QED) is 0.936. The van der Waals surface area contributed by atoms with Gasteiger partial charge in [-0.05, 0) is 25.8 Å². The molecule has 3 heterocycles. The third-order valence-electron chi connectivity index (χ3n) is 3.96. The van der Waals surface area contributed by atoms with Crippen molar-refractivity contribution in [1.82, 2.24) is 14.7 Å². The molecule has 0 aliphatic carbocycles. The van der Waals surface area contributed by atoms with Gasteiger partial charge in [0.25, 0.3) is 5.91 Å². The van der Waals surface area contributed by atoms with Crippen LogP contribution in [0.25, 0.3) is 0 Å². The molecule has 7 nitrogen and oxygen atoms in total. The number of nitrogens with zero attached hydrogens (tertiary/aromatic N) is 3. The summed E-state index contributed by atoms with van der Waals surface area (Å²) in [6, 6.07) is 1.75. The second kappa shape index (κ2) is 5.67. The lowest BCUT2D eigenvalue weighted by Crippen LogP contribution is -2.40. The third kappa shape index (κ3) is 2.61. The first-order chi connectivity index (χ1) is 10.6. The Morgan fingerprint density at radius 3 is 2.91 bits per heavy atom. The van der Waals surface area contributed by atoms with Gasteiger partial charge in [-0.2, -0.15) is 5.10 Å². The summed E-state index contributed by atoms with van der Waals surface area (Å²) in [5.74, 6) is -0.758. The molecular weight excluding hydrogens is 286 g/mol. The number of amides is 1. The number of piperidine rings is 1. The molecular formula is C15H17N3O4. The van der Waals surface area contributed by atoms with E-state index in [1.807, 2.05) is 6.92 Å². The molecule has 0 bridgehead atoms. The van der Waals surface area contributed by atoms with Gasteiger partial charge in [0.15, 0.2) is 5.76 Å². The summed E-state index contributed by atoms with van der Waals surface area (Å²) < 4.78 is 6.90. The molecule has 1 atom stereocenters. The van der Waals surface area contributed by atoms with Gasteiger partial charge in [0.2, 0.25) is 0 Å².